The molecule has 15 heavy (non-hydrogen) atoms. The molecule has 0 atom stereocenters. The molecule has 0 saturated carbocycles. The lowest BCUT2D eigenvalue weighted by atomic mass is 10.3. The van der Waals surface area contributed by atoms with Crippen molar-refractivity contribution in [2.24, 2.45) is 0 Å². The highest BCUT2D eigenvalue weighted by atomic mass is 16.5. The van der Waals surface area contributed by atoms with Crippen molar-refractivity contribution < 1.29 is 14.3 Å². The Balaban J connectivity index is 1.95. The minimum atomic E-state index is -0.176. The molecule has 0 aromatic rings. The monoisotopic (exact) mass is 213 g/mol. The van der Waals surface area contributed by atoms with Crippen LogP contribution >= 0.6 is 0 Å². The second-order valence-corrected chi connectivity index (χ2v) is 3.60. The maximum Gasteiger partial charge on any atom is 0.326 e. The summed E-state index contributed by atoms with van der Waals surface area (Å²) >= 11 is 0. The largest absolute Gasteiger partial charge is 0.378 e. The molecule has 2 fully saturated rings. The quantitative estimate of drug-likeness (QED) is 0.553. The van der Waals surface area contributed by atoms with Crippen molar-refractivity contribution in [3.63, 3.8) is 0 Å². The number of ether oxygens (including phenoxy) is 1. The topological polar surface area (TPSA) is 61.9 Å². The van der Waals surface area contributed by atoms with Crippen molar-refractivity contribution in [2.45, 2.75) is 0 Å². The van der Waals surface area contributed by atoms with Gasteiger partial charge in [-0.3, -0.25) is 9.69 Å². The Morgan fingerprint density at radius 2 is 2.00 bits per heavy atom. The zero-order chi connectivity index (χ0) is 10.7. The first-order chi connectivity index (χ1) is 7.29. The minimum absolute atomic E-state index is 0.141. The van der Waals surface area contributed by atoms with Crippen LogP contribution in [0.15, 0.2) is 0 Å². The van der Waals surface area contributed by atoms with E-state index in [0.29, 0.717) is 39.4 Å². The number of morpholine rings is 1. The molecule has 2 aliphatic rings. The van der Waals surface area contributed by atoms with E-state index in [9.17, 15) is 9.59 Å². The van der Waals surface area contributed by atoms with Gasteiger partial charge in [0.1, 0.15) is 0 Å². The first kappa shape index (κ1) is 10.4. The Hall–Kier alpha value is -1.14. The van der Waals surface area contributed by atoms with Crippen molar-refractivity contribution in [1.82, 2.24) is 15.1 Å². The lowest BCUT2D eigenvalue weighted by molar-refractivity contribution is -0.129. The van der Waals surface area contributed by atoms with Crippen molar-refractivity contribution >= 4 is 11.9 Å². The lowest BCUT2D eigenvalue weighted by Gasteiger charge is -2.33. The van der Waals surface area contributed by atoms with E-state index in [2.05, 4.69) is 5.32 Å². The third-order valence-corrected chi connectivity index (χ3v) is 2.60. The van der Waals surface area contributed by atoms with Crippen molar-refractivity contribution in [3.8, 4) is 0 Å². The summed E-state index contributed by atoms with van der Waals surface area (Å²) in [5.74, 6) is -0.141. The molecule has 0 spiro atoms. The van der Waals surface area contributed by atoms with E-state index in [1.165, 1.54) is 4.90 Å². The van der Waals surface area contributed by atoms with Gasteiger partial charge in [0.2, 0.25) is 5.91 Å². The highest BCUT2D eigenvalue weighted by Crippen LogP contribution is 2.05. The smallest absolute Gasteiger partial charge is 0.326 e. The van der Waals surface area contributed by atoms with E-state index in [0.717, 1.165) is 0 Å². The molecule has 3 amide bonds. The van der Waals surface area contributed by atoms with E-state index in [1.54, 1.807) is 4.90 Å². The molecular weight excluding hydrogens is 198 g/mol. The predicted molar refractivity (Wildman–Crippen MR) is 52.4 cm³/mol. The molecule has 0 aliphatic carbocycles. The number of hydrogen-bond acceptors (Lipinski definition) is 4. The molecule has 0 unspecified atom stereocenters. The van der Waals surface area contributed by atoms with Gasteiger partial charge in [0, 0.05) is 26.2 Å². The summed E-state index contributed by atoms with van der Waals surface area (Å²) in [6.45, 7) is 3.69. The maximum atomic E-state index is 11.9. The molecular formula is C9H15N3O3. The summed E-state index contributed by atoms with van der Waals surface area (Å²) in [7, 11) is 0. The van der Waals surface area contributed by atoms with Gasteiger partial charge in [0.25, 0.3) is 0 Å². The molecule has 0 aromatic heterocycles. The minimum Gasteiger partial charge on any atom is -0.378 e. The number of urea groups is 1. The van der Waals surface area contributed by atoms with Gasteiger partial charge in [-0.15, -0.1) is 0 Å². The number of nitrogens with zero attached hydrogens (tertiary/aromatic N) is 2. The predicted octanol–water partition coefficient (Wildman–Crippen LogP) is -1.13. The van der Waals surface area contributed by atoms with Gasteiger partial charge in [-0.05, 0) is 0 Å². The maximum absolute atomic E-state index is 11.9. The molecule has 2 heterocycles. The van der Waals surface area contributed by atoms with Crippen LogP contribution in [-0.4, -0.2) is 67.7 Å². The Kier molecular flexibility index (Phi) is 3.17. The third kappa shape index (κ3) is 2.27. The number of hydrogen-bond donors (Lipinski definition) is 1. The molecule has 2 aliphatic heterocycles. The van der Waals surface area contributed by atoms with Crippen LogP contribution in [0.1, 0.15) is 0 Å². The first-order valence-corrected chi connectivity index (χ1v) is 5.17. The van der Waals surface area contributed by atoms with E-state index >= 15 is 0 Å². The van der Waals surface area contributed by atoms with Crippen LogP contribution < -0.4 is 5.32 Å². The van der Waals surface area contributed by atoms with Gasteiger partial charge in [0.05, 0.1) is 19.8 Å². The number of amides is 3. The number of rotatable bonds is 0. The summed E-state index contributed by atoms with van der Waals surface area (Å²) in [4.78, 5) is 26.4. The fourth-order valence-electron chi connectivity index (χ4n) is 1.73. The van der Waals surface area contributed by atoms with Crippen LogP contribution in [0.25, 0.3) is 0 Å². The number of piperazine rings is 1. The normalized spacial score (nSPS) is 23.1. The number of carbonyl (C=O) groups is 2. The Bertz CT molecular complexity index is 263. The molecule has 84 valence electrons. The number of carbonyl (C=O) groups excluding carboxylic acids is 2. The molecule has 6 heteroatoms. The second-order valence-electron chi connectivity index (χ2n) is 3.60. The van der Waals surface area contributed by atoms with Crippen LogP contribution in [0.5, 0.6) is 0 Å². The molecule has 2 saturated heterocycles. The van der Waals surface area contributed by atoms with Gasteiger partial charge in [0.15, 0.2) is 0 Å². The Labute approximate surface area is 88.2 Å². The molecule has 2 rings (SSSR count). The molecule has 0 radical (unpaired) electrons. The molecule has 0 bridgehead atoms. The van der Waals surface area contributed by atoms with Crippen LogP contribution in [0, 0.1) is 0 Å². The van der Waals surface area contributed by atoms with Crippen molar-refractivity contribution in [2.75, 3.05) is 45.9 Å². The average Bonchev–Trinajstić information content (AvgIpc) is 2.30. The van der Waals surface area contributed by atoms with Crippen LogP contribution in [0.4, 0.5) is 4.79 Å². The fraction of sp³-hybridized carbons (Fsp3) is 0.778. The van der Waals surface area contributed by atoms with E-state index in [4.69, 9.17) is 4.74 Å². The number of nitrogens with one attached hydrogen (secondary N) is 1. The second kappa shape index (κ2) is 4.59. The summed E-state index contributed by atoms with van der Waals surface area (Å²) in [6, 6.07) is -0.176. The average molecular weight is 213 g/mol. The zero-order valence-corrected chi connectivity index (χ0v) is 8.57. The highest BCUT2D eigenvalue weighted by Gasteiger charge is 2.28. The Morgan fingerprint density at radius 3 is 2.67 bits per heavy atom. The summed E-state index contributed by atoms with van der Waals surface area (Å²) in [5.41, 5.74) is 0. The fourth-order valence-corrected chi connectivity index (χ4v) is 1.73. The summed E-state index contributed by atoms with van der Waals surface area (Å²) in [5, 5.41) is 2.94. The van der Waals surface area contributed by atoms with E-state index in [1.807, 2.05) is 0 Å². The van der Waals surface area contributed by atoms with Gasteiger partial charge in [-0.1, -0.05) is 0 Å². The lowest BCUT2D eigenvalue weighted by Crippen LogP contribution is -2.56. The van der Waals surface area contributed by atoms with Crippen molar-refractivity contribution in [3.05, 3.63) is 0 Å². The summed E-state index contributed by atoms with van der Waals surface area (Å²) in [6.07, 6.45) is 0. The molecule has 0 aromatic carbocycles. The SMILES string of the molecule is O=C1CNCCN1C(=O)N1CCOCC1. The van der Waals surface area contributed by atoms with Gasteiger partial charge in [-0.25, -0.2) is 4.79 Å². The zero-order valence-electron chi connectivity index (χ0n) is 8.57. The number of imide groups is 1. The molecule has 6 nitrogen and oxygen atoms in total. The van der Waals surface area contributed by atoms with Crippen LogP contribution in [-0.2, 0) is 9.53 Å². The first-order valence-electron chi connectivity index (χ1n) is 5.17. The highest BCUT2D eigenvalue weighted by molar-refractivity contribution is 5.96. The van der Waals surface area contributed by atoms with Crippen LogP contribution in [0.2, 0.25) is 0 Å². The third-order valence-electron chi connectivity index (χ3n) is 2.60. The Morgan fingerprint density at radius 1 is 1.27 bits per heavy atom. The van der Waals surface area contributed by atoms with E-state index < -0.39 is 0 Å². The van der Waals surface area contributed by atoms with Gasteiger partial charge >= 0.3 is 6.03 Å². The molecule has 1 N–H and O–H groups in total. The van der Waals surface area contributed by atoms with Crippen LogP contribution in [0.3, 0.4) is 0 Å². The van der Waals surface area contributed by atoms with Gasteiger partial charge in [-0.2, -0.15) is 0 Å². The van der Waals surface area contributed by atoms with E-state index in [-0.39, 0.29) is 18.5 Å². The van der Waals surface area contributed by atoms with Gasteiger partial charge < -0.3 is 15.0 Å². The van der Waals surface area contributed by atoms with Crippen molar-refractivity contribution in [1.29, 1.82) is 0 Å². The summed E-state index contributed by atoms with van der Waals surface area (Å²) < 4.78 is 5.15. The standard InChI is InChI=1S/C9H15N3O3/c13-8-7-10-1-2-12(8)9(14)11-3-5-15-6-4-11/h10H,1-7H2.